The van der Waals surface area contributed by atoms with Crippen LogP contribution in [0.3, 0.4) is 0 Å². The van der Waals surface area contributed by atoms with Crippen molar-refractivity contribution in [3.8, 4) is 5.75 Å². The Balaban J connectivity index is 1.52. The zero-order chi connectivity index (χ0) is 19.7. The lowest BCUT2D eigenvalue weighted by atomic mass is 10.0. The average molecular weight is 378 g/mol. The monoisotopic (exact) mass is 378 g/mol. The Kier molecular flexibility index (Phi) is 4.64. The van der Waals surface area contributed by atoms with Gasteiger partial charge in [-0.05, 0) is 32.0 Å². The SMILES string of the molecule is CC(C)Oc1ccc(N)c(C(=N)c2cc(N3CC(n4cnnc4)C3)ncn2)c1. The molecule has 1 aliphatic heterocycles. The standard InChI is InChI=1S/C19H22N8O/c1-12(2)28-14-3-4-16(20)15(5-14)19(21)17-6-18(23-9-22-17)26-7-13(8-26)27-10-24-25-11-27/h3-6,9-13,21H,7-8,20H2,1-2H3. The van der Waals surface area contributed by atoms with Gasteiger partial charge in [-0.3, -0.25) is 5.41 Å². The van der Waals surface area contributed by atoms with Gasteiger partial charge < -0.3 is 19.9 Å². The number of ether oxygens (including phenoxy) is 1. The lowest BCUT2D eigenvalue weighted by molar-refractivity contribution is 0.242. The predicted molar refractivity (Wildman–Crippen MR) is 106 cm³/mol. The number of nitrogens with two attached hydrogens (primary N) is 1. The van der Waals surface area contributed by atoms with E-state index in [4.69, 9.17) is 15.9 Å². The fourth-order valence-electron chi connectivity index (χ4n) is 3.12. The van der Waals surface area contributed by atoms with E-state index in [0.29, 0.717) is 28.7 Å². The van der Waals surface area contributed by atoms with Crippen LogP contribution in [0.2, 0.25) is 0 Å². The molecular formula is C19H22N8O. The van der Waals surface area contributed by atoms with E-state index in [2.05, 4.69) is 25.1 Å². The second-order valence-electron chi connectivity index (χ2n) is 7.02. The molecule has 0 spiro atoms. The highest BCUT2D eigenvalue weighted by Gasteiger charge is 2.29. The molecule has 144 valence electrons. The van der Waals surface area contributed by atoms with Crippen LogP contribution in [0.5, 0.6) is 5.75 Å². The number of hydrogen-bond acceptors (Lipinski definition) is 8. The van der Waals surface area contributed by atoms with Crippen LogP contribution in [0.1, 0.15) is 31.1 Å². The summed E-state index contributed by atoms with van der Waals surface area (Å²) in [6.45, 7) is 5.53. The van der Waals surface area contributed by atoms with Gasteiger partial charge in [-0.25, -0.2) is 9.97 Å². The van der Waals surface area contributed by atoms with Crippen LogP contribution < -0.4 is 15.4 Å². The first-order valence-corrected chi connectivity index (χ1v) is 9.08. The van der Waals surface area contributed by atoms with Crippen molar-refractivity contribution < 1.29 is 4.74 Å². The molecule has 4 rings (SSSR count). The first kappa shape index (κ1) is 17.9. The Labute approximate surface area is 162 Å². The number of hydrogen-bond donors (Lipinski definition) is 2. The molecule has 28 heavy (non-hydrogen) atoms. The summed E-state index contributed by atoms with van der Waals surface area (Å²) < 4.78 is 7.71. The van der Waals surface area contributed by atoms with Gasteiger partial charge in [-0.15, -0.1) is 10.2 Å². The van der Waals surface area contributed by atoms with Gasteiger partial charge in [0, 0.05) is 30.4 Å². The number of nitrogens with zero attached hydrogens (tertiary/aromatic N) is 6. The predicted octanol–water partition coefficient (Wildman–Crippen LogP) is 1.91. The smallest absolute Gasteiger partial charge is 0.132 e. The molecular weight excluding hydrogens is 356 g/mol. The maximum absolute atomic E-state index is 8.59. The van der Waals surface area contributed by atoms with Crippen LogP contribution in [0.4, 0.5) is 11.5 Å². The van der Waals surface area contributed by atoms with Crippen LogP contribution in [0.15, 0.2) is 43.2 Å². The highest BCUT2D eigenvalue weighted by molar-refractivity contribution is 6.13. The van der Waals surface area contributed by atoms with E-state index >= 15 is 0 Å². The minimum absolute atomic E-state index is 0.0429. The van der Waals surface area contributed by atoms with Crippen LogP contribution in [-0.2, 0) is 0 Å². The number of aromatic nitrogens is 5. The second-order valence-corrected chi connectivity index (χ2v) is 7.02. The Morgan fingerprint density at radius 2 is 1.93 bits per heavy atom. The summed E-state index contributed by atoms with van der Waals surface area (Å²) >= 11 is 0. The Morgan fingerprint density at radius 3 is 2.64 bits per heavy atom. The second kappa shape index (κ2) is 7.26. The molecule has 2 aromatic heterocycles. The maximum Gasteiger partial charge on any atom is 0.132 e. The zero-order valence-corrected chi connectivity index (χ0v) is 15.8. The molecule has 9 heteroatoms. The molecule has 0 aliphatic carbocycles. The van der Waals surface area contributed by atoms with Crippen molar-refractivity contribution in [2.75, 3.05) is 23.7 Å². The summed E-state index contributed by atoms with van der Waals surface area (Å²) in [6.07, 6.45) is 4.97. The third kappa shape index (κ3) is 3.51. The Hall–Kier alpha value is -3.49. The number of anilines is 2. The number of rotatable bonds is 6. The normalized spacial score (nSPS) is 14.2. The molecule has 0 bridgehead atoms. The molecule has 0 saturated carbocycles. The average Bonchev–Trinajstić information content (AvgIpc) is 3.15. The van der Waals surface area contributed by atoms with Crippen molar-refractivity contribution >= 4 is 17.2 Å². The summed E-state index contributed by atoms with van der Waals surface area (Å²) in [5.41, 5.74) is 7.97. The van der Waals surface area contributed by atoms with Gasteiger partial charge in [0.15, 0.2) is 0 Å². The van der Waals surface area contributed by atoms with Crippen molar-refractivity contribution in [1.82, 2.24) is 24.7 Å². The van der Waals surface area contributed by atoms with E-state index in [9.17, 15) is 0 Å². The van der Waals surface area contributed by atoms with Crippen LogP contribution in [0.25, 0.3) is 0 Å². The molecule has 3 aromatic rings. The van der Waals surface area contributed by atoms with E-state index in [-0.39, 0.29) is 11.8 Å². The molecule has 3 heterocycles. The molecule has 1 saturated heterocycles. The van der Waals surface area contributed by atoms with Crippen molar-refractivity contribution in [2.24, 2.45) is 0 Å². The van der Waals surface area contributed by atoms with Gasteiger partial charge >= 0.3 is 0 Å². The molecule has 0 unspecified atom stereocenters. The first-order chi connectivity index (χ1) is 13.5. The molecule has 1 aromatic carbocycles. The molecule has 0 amide bonds. The van der Waals surface area contributed by atoms with Gasteiger partial charge in [-0.1, -0.05) is 0 Å². The largest absolute Gasteiger partial charge is 0.491 e. The zero-order valence-electron chi connectivity index (χ0n) is 15.8. The maximum atomic E-state index is 8.59. The first-order valence-electron chi connectivity index (χ1n) is 9.08. The summed E-state index contributed by atoms with van der Waals surface area (Å²) in [5.74, 6) is 1.46. The van der Waals surface area contributed by atoms with Crippen molar-refractivity contribution in [3.05, 3.63) is 54.5 Å². The highest BCUT2D eigenvalue weighted by Crippen LogP contribution is 2.27. The van der Waals surface area contributed by atoms with Gasteiger partial charge in [0.25, 0.3) is 0 Å². The van der Waals surface area contributed by atoms with Crippen molar-refractivity contribution in [2.45, 2.75) is 26.0 Å². The van der Waals surface area contributed by atoms with Crippen LogP contribution in [-0.4, -0.2) is 49.6 Å². The van der Waals surface area contributed by atoms with Gasteiger partial charge in [0.05, 0.1) is 23.6 Å². The fraction of sp³-hybridized carbons (Fsp3) is 0.316. The molecule has 3 N–H and O–H groups in total. The fourth-order valence-corrected chi connectivity index (χ4v) is 3.12. The quantitative estimate of drug-likeness (QED) is 0.497. The minimum atomic E-state index is 0.0429. The third-order valence-corrected chi connectivity index (χ3v) is 4.62. The third-order valence-electron chi connectivity index (χ3n) is 4.62. The van der Waals surface area contributed by atoms with E-state index < -0.39 is 0 Å². The topological polar surface area (TPSA) is 119 Å². The minimum Gasteiger partial charge on any atom is -0.491 e. The molecule has 1 fully saturated rings. The Morgan fingerprint density at radius 1 is 1.18 bits per heavy atom. The van der Waals surface area contributed by atoms with E-state index in [1.54, 1.807) is 24.8 Å². The van der Waals surface area contributed by atoms with E-state index in [1.807, 2.05) is 30.5 Å². The van der Waals surface area contributed by atoms with E-state index in [0.717, 1.165) is 18.9 Å². The Bertz CT molecular complexity index is 979. The summed E-state index contributed by atoms with van der Waals surface area (Å²) in [6, 6.07) is 7.49. The summed E-state index contributed by atoms with van der Waals surface area (Å²) in [5, 5.41) is 16.3. The number of nitrogens with one attached hydrogen (secondary N) is 1. The van der Waals surface area contributed by atoms with Gasteiger partial charge in [-0.2, -0.15) is 0 Å². The van der Waals surface area contributed by atoms with Gasteiger partial charge in [0.2, 0.25) is 0 Å². The molecule has 9 nitrogen and oxygen atoms in total. The highest BCUT2D eigenvalue weighted by atomic mass is 16.5. The van der Waals surface area contributed by atoms with Crippen molar-refractivity contribution in [3.63, 3.8) is 0 Å². The number of benzene rings is 1. The van der Waals surface area contributed by atoms with E-state index in [1.165, 1.54) is 6.33 Å². The van der Waals surface area contributed by atoms with Crippen LogP contribution in [0, 0.1) is 5.41 Å². The molecule has 0 radical (unpaired) electrons. The molecule has 0 atom stereocenters. The van der Waals surface area contributed by atoms with Crippen molar-refractivity contribution in [1.29, 1.82) is 5.41 Å². The lowest BCUT2D eigenvalue weighted by Gasteiger charge is -2.40. The molecule has 1 aliphatic rings. The van der Waals surface area contributed by atoms with Crippen LogP contribution >= 0.6 is 0 Å². The lowest BCUT2D eigenvalue weighted by Crippen LogP contribution is -2.48. The van der Waals surface area contributed by atoms with Gasteiger partial charge in [0.1, 0.15) is 30.5 Å². The number of nitrogen functional groups attached to an aromatic ring is 1. The summed E-state index contributed by atoms with van der Waals surface area (Å²) in [7, 11) is 0. The summed E-state index contributed by atoms with van der Waals surface area (Å²) in [4.78, 5) is 10.8.